The fourth-order valence-electron chi connectivity index (χ4n) is 6.62. The summed E-state index contributed by atoms with van der Waals surface area (Å²) in [6, 6.07) is 1.57. The van der Waals surface area contributed by atoms with Crippen molar-refractivity contribution in [3.63, 3.8) is 0 Å². The number of carbonyl (C=O) groups is 5. The van der Waals surface area contributed by atoms with Crippen LogP contribution in [0.5, 0.6) is 0 Å². The smallest absolute Gasteiger partial charge is 0.329 e. The van der Waals surface area contributed by atoms with Crippen LogP contribution in [0.3, 0.4) is 0 Å². The summed E-state index contributed by atoms with van der Waals surface area (Å²) in [5.41, 5.74) is -1.16. The van der Waals surface area contributed by atoms with Gasteiger partial charge >= 0.3 is 12.0 Å². The topological polar surface area (TPSA) is 146 Å². The molecule has 11 nitrogen and oxygen atoms in total. The van der Waals surface area contributed by atoms with Crippen molar-refractivity contribution >= 4 is 41.3 Å². The first-order valence-electron chi connectivity index (χ1n) is 17.2. The Kier molecular flexibility index (Phi) is 13.0. The molecule has 50 heavy (non-hydrogen) atoms. The van der Waals surface area contributed by atoms with Crippen LogP contribution in [0.4, 0.5) is 13.6 Å². The maximum atomic E-state index is 14.3. The van der Waals surface area contributed by atoms with Gasteiger partial charge in [0.05, 0.1) is 0 Å². The van der Waals surface area contributed by atoms with E-state index in [1.165, 1.54) is 4.90 Å². The number of likely N-dealkylation sites (tertiary alicyclic amines) is 1. The molecule has 4 N–H and O–H groups in total. The average Bonchev–Trinajstić information content (AvgIpc) is 3.29. The highest BCUT2D eigenvalue weighted by atomic mass is 35.5. The Morgan fingerprint density at radius 1 is 1.00 bits per heavy atom. The second-order valence-corrected chi connectivity index (χ2v) is 16.8. The number of piperidine rings is 1. The quantitative estimate of drug-likeness (QED) is 0.217. The molecule has 0 spiro atoms. The number of urea groups is 1. The maximum Gasteiger partial charge on any atom is 0.329 e. The molecule has 1 aliphatic carbocycles. The highest BCUT2D eigenvalue weighted by molar-refractivity contribution is 6.31. The first-order valence-corrected chi connectivity index (χ1v) is 17.5. The molecule has 1 aliphatic heterocycles. The van der Waals surface area contributed by atoms with Gasteiger partial charge in [-0.1, -0.05) is 78.3 Å². The van der Waals surface area contributed by atoms with Crippen LogP contribution in [0.25, 0.3) is 0 Å². The fraction of sp³-hybridized carbons (Fsp3) is 0.694. The predicted octanol–water partition coefficient (Wildman–Crippen LogP) is 4.70. The molecule has 5 amide bonds. The molecule has 2 fully saturated rings. The molecule has 1 aromatic carbocycles. The Balaban J connectivity index is 1.78. The zero-order valence-electron chi connectivity index (χ0n) is 30.8. The van der Waals surface area contributed by atoms with Crippen molar-refractivity contribution in [3.8, 4) is 0 Å². The first-order chi connectivity index (χ1) is 23.0. The van der Waals surface area contributed by atoms with E-state index in [1.54, 1.807) is 79.7 Å². The van der Waals surface area contributed by atoms with Crippen molar-refractivity contribution in [1.29, 1.82) is 0 Å². The number of halogens is 3. The van der Waals surface area contributed by atoms with Crippen molar-refractivity contribution in [2.75, 3.05) is 13.1 Å². The molecule has 1 saturated heterocycles. The summed E-state index contributed by atoms with van der Waals surface area (Å²) in [4.78, 5) is 68.8. The summed E-state index contributed by atoms with van der Waals surface area (Å²) in [6.07, 6.45) is -3.44. The van der Waals surface area contributed by atoms with Gasteiger partial charge in [0.15, 0.2) is 0 Å². The first kappa shape index (κ1) is 40.9. The Hall–Kier alpha value is -3.48. The lowest BCUT2D eigenvalue weighted by molar-refractivity contribution is -0.158. The van der Waals surface area contributed by atoms with E-state index in [0.717, 1.165) is 5.56 Å². The summed E-state index contributed by atoms with van der Waals surface area (Å²) in [6.45, 7) is 18.2. The number of carbonyl (C=O) groups excluding carboxylic acids is 5. The Labute approximate surface area is 299 Å². The molecular weight excluding hydrogens is 672 g/mol. The van der Waals surface area contributed by atoms with Crippen molar-refractivity contribution < 1.29 is 37.5 Å². The number of ether oxygens (including phenoxy) is 1. The van der Waals surface area contributed by atoms with Gasteiger partial charge in [0, 0.05) is 24.5 Å². The van der Waals surface area contributed by atoms with Gasteiger partial charge in [-0.25, -0.2) is 18.4 Å². The summed E-state index contributed by atoms with van der Waals surface area (Å²) in [5.74, 6) is -3.31. The number of hydrogen-bond donors (Lipinski definition) is 4. The van der Waals surface area contributed by atoms with E-state index in [1.807, 2.05) is 13.8 Å². The SMILES string of the molecule is CC(C)[C@H](NC(=O)N[C@H](C(=O)N1C[C@H]2[C@@H]([C@H]1C(=O)N[C@@H](CC(F)F)C(=O)NCCc1ccccc1Cl)C2(C)C)C(C)(C)C)C(=O)OC(C)(C)C. The summed E-state index contributed by atoms with van der Waals surface area (Å²) in [5, 5.41) is 11.0. The van der Waals surface area contributed by atoms with Crippen molar-refractivity contribution in [2.45, 2.75) is 118 Å². The molecule has 0 radical (unpaired) electrons. The van der Waals surface area contributed by atoms with E-state index in [-0.39, 0.29) is 36.3 Å². The van der Waals surface area contributed by atoms with E-state index in [4.69, 9.17) is 16.3 Å². The number of nitrogens with one attached hydrogen (secondary N) is 4. The normalized spacial score (nSPS) is 21.5. The van der Waals surface area contributed by atoms with E-state index >= 15 is 0 Å². The van der Waals surface area contributed by atoms with E-state index in [0.29, 0.717) is 11.4 Å². The fourth-order valence-corrected chi connectivity index (χ4v) is 6.85. The number of nitrogens with zero attached hydrogens (tertiary/aromatic N) is 1. The summed E-state index contributed by atoms with van der Waals surface area (Å²) in [7, 11) is 0. The molecule has 280 valence electrons. The van der Waals surface area contributed by atoms with E-state index in [2.05, 4.69) is 21.3 Å². The minimum absolute atomic E-state index is 0.0490. The summed E-state index contributed by atoms with van der Waals surface area (Å²) >= 11 is 6.19. The van der Waals surface area contributed by atoms with Crippen molar-refractivity contribution in [2.24, 2.45) is 28.6 Å². The van der Waals surface area contributed by atoms with Gasteiger partial charge in [0.2, 0.25) is 24.1 Å². The Morgan fingerprint density at radius 2 is 1.62 bits per heavy atom. The van der Waals surface area contributed by atoms with Crippen LogP contribution < -0.4 is 21.3 Å². The molecule has 1 saturated carbocycles. The van der Waals surface area contributed by atoms with Gasteiger partial charge in [0.1, 0.15) is 29.8 Å². The number of fused-ring (bicyclic) bond motifs is 1. The number of amides is 5. The van der Waals surface area contributed by atoms with E-state index < -0.39 is 77.8 Å². The third-order valence-corrected chi connectivity index (χ3v) is 9.83. The zero-order valence-corrected chi connectivity index (χ0v) is 31.5. The third-order valence-electron chi connectivity index (χ3n) is 9.46. The molecule has 6 atom stereocenters. The Bertz CT molecular complexity index is 1430. The number of hydrogen-bond acceptors (Lipinski definition) is 6. The molecule has 0 bridgehead atoms. The second kappa shape index (κ2) is 15.8. The largest absolute Gasteiger partial charge is 0.458 e. The number of alkyl halides is 2. The highest BCUT2D eigenvalue weighted by Gasteiger charge is 2.70. The maximum absolute atomic E-state index is 14.3. The van der Waals surface area contributed by atoms with Gasteiger partial charge in [-0.2, -0.15) is 0 Å². The molecule has 2 aliphatic rings. The van der Waals surface area contributed by atoms with Crippen molar-refractivity contribution in [1.82, 2.24) is 26.2 Å². The lowest BCUT2D eigenvalue weighted by Gasteiger charge is -2.38. The minimum atomic E-state index is -2.88. The van der Waals surface area contributed by atoms with Crippen molar-refractivity contribution in [3.05, 3.63) is 34.9 Å². The standard InChI is InChI=1S/C36H54ClF2N5O6/c1-19(2)26(32(48)50-35(6,7)8)42-33(49)43-28(34(3,4)5)31(47)44-18-21-25(36(21,9)10)27(44)30(46)41-23(17-24(38)39)29(45)40-16-15-20-13-11-12-14-22(20)37/h11-14,19,21,23-28H,15-18H2,1-10H3,(H,40,45)(H,41,46)(H2,42,43,49)/t21-,23-,25-,26-,27-,28+/m0/s1. The van der Waals surface area contributed by atoms with Crippen LogP contribution >= 0.6 is 11.6 Å². The lowest BCUT2D eigenvalue weighted by Crippen LogP contribution is -2.62. The monoisotopic (exact) mass is 725 g/mol. The van der Waals surface area contributed by atoms with Crippen LogP contribution in [0.2, 0.25) is 5.02 Å². The predicted molar refractivity (Wildman–Crippen MR) is 186 cm³/mol. The number of rotatable bonds is 13. The van der Waals surface area contributed by atoms with Gasteiger partial charge < -0.3 is 30.9 Å². The van der Waals surface area contributed by atoms with Gasteiger partial charge in [-0.15, -0.1) is 0 Å². The van der Waals surface area contributed by atoms with Crippen LogP contribution in [-0.2, 0) is 30.3 Å². The summed E-state index contributed by atoms with van der Waals surface area (Å²) < 4.78 is 32.8. The molecular formula is C36H54ClF2N5O6. The van der Waals surface area contributed by atoms with Crippen LogP contribution in [0, 0.1) is 28.6 Å². The molecule has 0 unspecified atom stereocenters. The average molecular weight is 726 g/mol. The molecule has 3 rings (SSSR count). The van der Waals surface area contributed by atoms with Gasteiger partial charge in [-0.05, 0) is 67.4 Å². The number of esters is 1. The third kappa shape index (κ3) is 10.3. The molecule has 0 aromatic heterocycles. The van der Waals surface area contributed by atoms with Gasteiger partial charge in [-0.3, -0.25) is 14.4 Å². The second-order valence-electron chi connectivity index (χ2n) is 16.4. The molecule has 1 aromatic rings. The number of benzene rings is 1. The Morgan fingerprint density at radius 3 is 2.16 bits per heavy atom. The molecule has 1 heterocycles. The van der Waals surface area contributed by atoms with Crippen LogP contribution in [0.1, 0.15) is 81.2 Å². The zero-order chi connectivity index (χ0) is 37.9. The lowest BCUT2D eigenvalue weighted by atomic mass is 9.85. The van der Waals surface area contributed by atoms with Crippen LogP contribution in [0.15, 0.2) is 24.3 Å². The highest BCUT2D eigenvalue weighted by Crippen LogP contribution is 2.65. The van der Waals surface area contributed by atoms with E-state index in [9.17, 15) is 32.8 Å². The minimum Gasteiger partial charge on any atom is -0.458 e. The molecule has 14 heteroatoms. The van der Waals surface area contributed by atoms with Gasteiger partial charge in [0.25, 0.3) is 0 Å². The van der Waals surface area contributed by atoms with Crippen LogP contribution in [-0.4, -0.2) is 83.9 Å².